The summed E-state index contributed by atoms with van der Waals surface area (Å²) in [6, 6.07) is 4.33. The van der Waals surface area contributed by atoms with Crippen LogP contribution < -0.4 is 26.4 Å². The first kappa shape index (κ1) is 22.7. The molecular formula is C18H27ClN4O4. The van der Waals surface area contributed by atoms with Gasteiger partial charge in [-0.2, -0.15) is 0 Å². The first-order valence-corrected chi connectivity index (χ1v) is 8.64. The highest BCUT2D eigenvalue weighted by Gasteiger charge is 2.25. The molecular weight excluding hydrogens is 372 g/mol. The molecule has 0 unspecified atom stereocenters. The predicted molar refractivity (Wildman–Crippen MR) is 105 cm³/mol. The van der Waals surface area contributed by atoms with Crippen LogP contribution in [0.2, 0.25) is 0 Å². The number of benzene rings is 1. The van der Waals surface area contributed by atoms with Crippen LogP contribution in [0.1, 0.15) is 37.0 Å². The van der Waals surface area contributed by atoms with E-state index in [0.717, 1.165) is 12.8 Å². The third-order valence-corrected chi connectivity index (χ3v) is 4.10. The summed E-state index contributed by atoms with van der Waals surface area (Å²) < 4.78 is 5.15. The number of amides is 3. The Balaban J connectivity index is 0.00000364. The first-order valence-electron chi connectivity index (χ1n) is 8.64. The fraction of sp³-hybridized carbons (Fsp3) is 0.500. The number of methoxy groups -OCH3 is 1. The summed E-state index contributed by atoms with van der Waals surface area (Å²) in [7, 11) is 1.50. The van der Waals surface area contributed by atoms with Crippen LogP contribution in [0.3, 0.4) is 0 Å². The van der Waals surface area contributed by atoms with Gasteiger partial charge >= 0.3 is 0 Å². The number of carbonyl (C=O) groups excluding carboxylic acids is 3. The molecule has 0 heterocycles. The molecule has 1 aliphatic rings. The fourth-order valence-corrected chi connectivity index (χ4v) is 2.22. The molecule has 0 aromatic heterocycles. The van der Waals surface area contributed by atoms with Crippen molar-refractivity contribution in [1.82, 2.24) is 10.6 Å². The number of anilines is 1. The number of halogens is 1. The van der Waals surface area contributed by atoms with Crippen molar-refractivity contribution in [3.63, 3.8) is 0 Å². The lowest BCUT2D eigenvalue weighted by atomic mass is 10.1. The normalized spacial score (nSPS) is 14.0. The standard InChI is InChI=1S/C18H26N4O4.ClH/c1-10(2)16(19)18(25)20-9-15(23)22-14-7-6-12(26-3)8-13(14)17(24)21-11-4-5-11;/h6-8,10-11,16H,4-5,9,19H2,1-3H3,(H,20,25)(H,21,24)(H,22,23);1H/t16-;/m0./s1. The molecule has 9 heteroatoms. The second-order valence-electron chi connectivity index (χ2n) is 6.70. The molecule has 2 rings (SSSR count). The molecule has 0 saturated heterocycles. The van der Waals surface area contributed by atoms with E-state index in [1.54, 1.807) is 18.2 Å². The van der Waals surface area contributed by atoms with Crippen LogP contribution >= 0.6 is 12.4 Å². The maximum absolute atomic E-state index is 12.4. The van der Waals surface area contributed by atoms with Crippen LogP contribution in [-0.2, 0) is 9.59 Å². The van der Waals surface area contributed by atoms with Gasteiger partial charge in [0.25, 0.3) is 5.91 Å². The molecule has 0 bridgehead atoms. The average molecular weight is 399 g/mol. The molecule has 1 fully saturated rings. The molecule has 150 valence electrons. The lowest BCUT2D eigenvalue weighted by Gasteiger charge is -2.16. The van der Waals surface area contributed by atoms with Gasteiger partial charge in [0.05, 0.1) is 30.9 Å². The highest BCUT2D eigenvalue weighted by molar-refractivity contribution is 6.05. The van der Waals surface area contributed by atoms with Crippen LogP contribution in [0.5, 0.6) is 5.75 Å². The Bertz CT molecular complexity index is 692. The number of nitrogens with one attached hydrogen (secondary N) is 3. The topological polar surface area (TPSA) is 123 Å². The summed E-state index contributed by atoms with van der Waals surface area (Å²) in [4.78, 5) is 36.4. The van der Waals surface area contributed by atoms with E-state index in [2.05, 4.69) is 16.0 Å². The Morgan fingerprint density at radius 3 is 2.48 bits per heavy atom. The van der Waals surface area contributed by atoms with Crippen molar-refractivity contribution in [2.24, 2.45) is 11.7 Å². The quantitative estimate of drug-likeness (QED) is 0.521. The van der Waals surface area contributed by atoms with E-state index in [0.29, 0.717) is 17.0 Å². The zero-order chi connectivity index (χ0) is 19.3. The van der Waals surface area contributed by atoms with Crippen molar-refractivity contribution in [3.8, 4) is 5.75 Å². The summed E-state index contributed by atoms with van der Waals surface area (Å²) in [5.74, 6) is -0.624. The van der Waals surface area contributed by atoms with E-state index in [4.69, 9.17) is 10.5 Å². The zero-order valence-corrected chi connectivity index (χ0v) is 16.5. The number of nitrogens with two attached hydrogens (primary N) is 1. The molecule has 0 spiro atoms. The van der Waals surface area contributed by atoms with Crippen molar-refractivity contribution in [3.05, 3.63) is 23.8 Å². The number of carbonyl (C=O) groups is 3. The highest BCUT2D eigenvalue weighted by atomic mass is 35.5. The molecule has 3 amide bonds. The predicted octanol–water partition coefficient (Wildman–Crippen LogP) is 1.05. The lowest BCUT2D eigenvalue weighted by Crippen LogP contribution is -2.46. The van der Waals surface area contributed by atoms with E-state index in [-0.39, 0.29) is 36.8 Å². The average Bonchev–Trinajstić information content (AvgIpc) is 3.43. The fourth-order valence-electron chi connectivity index (χ4n) is 2.22. The SMILES string of the molecule is COc1ccc(NC(=O)CNC(=O)[C@@H](N)C(C)C)c(C(=O)NC2CC2)c1.Cl. The number of rotatable bonds is 8. The largest absolute Gasteiger partial charge is 0.497 e. The Hall–Kier alpha value is -2.32. The van der Waals surface area contributed by atoms with Gasteiger partial charge in [0, 0.05) is 6.04 Å². The lowest BCUT2D eigenvalue weighted by molar-refractivity contribution is -0.125. The van der Waals surface area contributed by atoms with Crippen LogP contribution in [0, 0.1) is 5.92 Å². The van der Waals surface area contributed by atoms with E-state index in [1.165, 1.54) is 7.11 Å². The molecule has 1 atom stereocenters. The van der Waals surface area contributed by atoms with E-state index in [9.17, 15) is 14.4 Å². The minimum Gasteiger partial charge on any atom is -0.497 e. The molecule has 1 aromatic carbocycles. The summed E-state index contributed by atoms with van der Waals surface area (Å²) >= 11 is 0. The third-order valence-electron chi connectivity index (χ3n) is 4.10. The van der Waals surface area contributed by atoms with Crippen LogP contribution in [0.4, 0.5) is 5.69 Å². The van der Waals surface area contributed by atoms with Crippen molar-refractivity contribution in [1.29, 1.82) is 0 Å². The smallest absolute Gasteiger partial charge is 0.253 e. The Kier molecular flexibility index (Phi) is 8.52. The van der Waals surface area contributed by atoms with Crippen molar-refractivity contribution < 1.29 is 19.1 Å². The maximum Gasteiger partial charge on any atom is 0.253 e. The van der Waals surface area contributed by atoms with Gasteiger partial charge in [-0.05, 0) is 37.0 Å². The van der Waals surface area contributed by atoms with Gasteiger partial charge < -0.3 is 26.4 Å². The van der Waals surface area contributed by atoms with E-state index < -0.39 is 17.9 Å². The molecule has 1 saturated carbocycles. The molecule has 5 N–H and O–H groups in total. The van der Waals surface area contributed by atoms with Gasteiger partial charge in [-0.1, -0.05) is 13.8 Å². The summed E-state index contributed by atoms with van der Waals surface area (Å²) in [5.41, 5.74) is 6.41. The first-order chi connectivity index (χ1) is 12.3. The Labute approximate surface area is 165 Å². The van der Waals surface area contributed by atoms with Gasteiger partial charge in [0.2, 0.25) is 11.8 Å². The van der Waals surface area contributed by atoms with Crippen molar-refractivity contribution in [2.45, 2.75) is 38.8 Å². The maximum atomic E-state index is 12.4. The number of hydrogen-bond acceptors (Lipinski definition) is 5. The third kappa shape index (κ3) is 6.73. The van der Waals surface area contributed by atoms with Gasteiger partial charge in [0.1, 0.15) is 5.75 Å². The monoisotopic (exact) mass is 398 g/mol. The molecule has 27 heavy (non-hydrogen) atoms. The molecule has 0 aliphatic heterocycles. The second-order valence-corrected chi connectivity index (χ2v) is 6.70. The summed E-state index contributed by atoms with van der Waals surface area (Å²) in [5, 5.41) is 8.03. The van der Waals surface area contributed by atoms with E-state index >= 15 is 0 Å². The molecule has 1 aliphatic carbocycles. The van der Waals surface area contributed by atoms with Gasteiger partial charge in [-0.25, -0.2) is 0 Å². The van der Waals surface area contributed by atoms with Crippen LogP contribution in [-0.4, -0.2) is 43.5 Å². The molecule has 8 nitrogen and oxygen atoms in total. The van der Waals surface area contributed by atoms with Crippen molar-refractivity contribution in [2.75, 3.05) is 19.0 Å². The molecule has 1 aromatic rings. The summed E-state index contributed by atoms with van der Waals surface area (Å²) in [6.07, 6.45) is 1.92. The van der Waals surface area contributed by atoms with Gasteiger partial charge in [-0.3, -0.25) is 14.4 Å². The highest BCUT2D eigenvalue weighted by Crippen LogP contribution is 2.24. The zero-order valence-electron chi connectivity index (χ0n) is 15.7. The van der Waals surface area contributed by atoms with Crippen LogP contribution in [0.25, 0.3) is 0 Å². The summed E-state index contributed by atoms with van der Waals surface area (Å²) in [6.45, 7) is 3.42. The minimum absolute atomic E-state index is 0. The second kappa shape index (κ2) is 10.1. The van der Waals surface area contributed by atoms with Crippen LogP contribution in [0.15, 0.2) is 18.2 Å². The minimum atomic E-state index is -0.677. The Morgan fingerprint density at radius 2 is 1.93 bits per heavy atom. The van der Waals surface area contributed by atoms with Gasteiger partial charge in [0.15, 0.2) is 0 Å². The van der Waals surface area contributed by atoms with E-state index in [1.807, 2.05) is 13.8 Å². The Morgan fingerprint density at radius 1 is 1.26 bits per heavy atom. The van der Waals surface area contributed by atoms with Gasteiger partial charge in [-0.15, -0.1) is 12.4 Å². The van der Waals surface area contributed by atoms with Crippen molar-refractivity contribution >= 4 is 35.8 Å². The number of ether oxygens (including phenoxy) is 1. The molecule has 0 radical (unpaired) electrons. The number of hydrogen-bond donors (Lipinski definition) is 4.